The molecule has 0 aliphatic rings. The lowest BCUT2D eigenvalue weighted by Crippen LogP contribution is -1.91. The average molecular weight is 206 g/mol. The van der Waals surface area contributed by atoms with Crippen LogP contribution in [0.3, 0.4) is 0 Å². The molecule has 1 rings (SSSR count). The number of carbonyl (C=O) groups is 1. The summed E-state index contributed by atoms with van der Waals surface area (Å²) in [6.45, 7) is 0.251. The standard InChI is InChI=1S/C13H18O2/c14-10-2-1-4-12-6-8-13(9-7-12)5-3-11-15/h6-10,15H,1-5,11H2. The minimum atomic E-state index is 0.251. The van der Waals surface area contributed by atoms with Crippen LogP contribution in [-0.2, 0) is 17.6 Å². The van der Waals surface area contributed by atoms with E-state index < -0.39 is 0 Å². The van der Waals surface area contributed by atoms with Crippen molar-refractivity contribution in [3.8, 4) is 0 Å². The lowest BCUT2D eigenvalue weighted by Gasteiger charge is -2.02. The second-order valence-corrected chi connectivity index (χ2v) is 3.70. The van der Waals surface area contributed by atoms with Gasteiger partial charge in [-0.25, -0.2) is 0 Å². The van der Waals surface area contributed by atoms with Crippen LogP contribution in [0.25, 0.3) is 0 Å². The van der Waals surface area contributed by atoms with Crippen molar-refractivity contribution in [1.29, 1.82) is 0 Å². The molecule has 0 fully saturated rings. The fraction of sp³-hybridized carbons (Fsp3) is 0.462. The third-order valence-electron chi connectivity index (χ3n) is 2.43. The van der Waals surface area contributed by atoms with Gasteiger partial charge in [0.25, 0.3) is 0 Å². The molecule has 0 amide bonds. The van der Waals surface area contributed by atoms with E-state index in [2.05, 4.69) is 24.3 Å². The zero-order chi connectivity index (χ0) is 10.9. The first-order valence-electron chi connectivity index (χ1n) is 5.49. The number of unbranched alkanes of at least 4 members (excludes halogenated alkanes) is 1. The zero-order valence-electron chi connectivity index (χ0n) is 8.98. The van der Waals surface area contributed by atoms with Gasteiger partial charge < -0.3 is 9.90 Å². The number of aliphatic hydroxyl groups is 1. The SMILES string of the molecule is O=CCCCc1ccc(CCCO)cc1. The van der Waals surface area contributed by atoms with E-state index in [0.29, 0.717) is 6.42 Å². The second-order valence-electron chi connectivity index (χ2n) is 3.70. The maximum atomic E-state index is 10.1. The second kappa shape index (κ2) is 7.18. The van der Waals surface area contributed by atoms with Crippen LogP contribution in [0.2, 0.25) is 0 Å². The first kappa shape index (κ1) is 11.9. The first-order chi connectivity index (χ1) is 7.36. The highest BCUT2D eigenvalue weighted by Gasteiger charge is 1.95. The summed E-state index contributed by atoms with van der Waals surface area (Å²) < 4.78 is 0. The van der Waals surface area contributed by atoms with Gasteiger partial charge in [-0.05, 0) is 36.8 Å². The van der Waals surface area contributed by atoms with E-state index in [1.54, 1.807) is 0 Å². The Hall–Kier alpha value is -1.15. The molecular formula is C13H18O2. The molecule has 0 aliphatic carbocycles. The third-order valence-corrected chi connectivity index (χ3v) is 2.43. The Labute approximate surface area is 90.9 Å². The number of aryl methyl sites for hydroxylation is 2. The van der Waals surface area contributed by atoms with Gasteiger partial charge in [-0.15, -0.1) is 0 Å². The zero-order valence-corrected chi connectivity index (χ0v) is 8.98. The molecular weight excluding hydrogens is 188 g/mol. The van der Waals surface area contributed by atoms with Crippen molar-refractivity contribution in [3.63, 3.8) is 0 Å². The van der Waals surface area contributed by atoms with E-state index in [1.165, 1.54) is 11.1 Å². The monoisotopic (exact) mass is 206 g/mol. The van der Waals surface area contributed by atoms with Crippen LogP contribution >= 0.6 is 0 Å². The summed E-state index contributed by atoms with van der Waals surface area (Å²) in [4.78, 5) is 10.1. The Bertz CT molecular complexity index is 277. The third kappa shape index (κ3) is 4.75. The van der Waals surface area contributed by atoms with Crippen molar-refractivity contribution in [2.75, 3.05) is 6.61 Å². The Morgan fingerprint density at radius 2 is 1.53 bits per heavy atom. The highest BCUT2D eigenvalue weighted by atomic mass is 16.2. The van der Waals surface area contributed by atoms with Crippen molar-refractivity contribution >= 4 is 6.29 Å². The maximum absolute atomic E-state index is 10.1. The van der Waals surface area contributed by atoms with Crippen molar-refractivity contribution in [3.05, 3.63) is 35.4 Å². The van der Waals surface area contributed by atoms with Crippen LogP contribution in [0, 0.1) is 0 Å². The van der Waals surface area contributed by atoms with Crippen molar-refractivity contribution < 1.29 is 9.90 Å². The fourth-order valence-electron chi connectivity index (χ4n) is 1.55. The molecule has 0 unspecified atom stereocenters. The van der Waals surface area contributed by atoms with Gasteiger partial charge >= 0.3 is 0 Å². The summed E-state index contributed by atoms with van der Waals surface area (Å²) in [5.74, 6) is 0. The van der Waals surface area contributed by atoms with Gasteiger partial charge in [-0.1, -0.05) is 24.3 Å². The molecule has 0 aromatic heterocycles. The molecule has 0 spiro atoms. The molecule has 0 heterocycles. The van der Waals surface area contributed by atoms with Gasteiger partial charge in [-0.2, -0.15) is 0 Å². The van der Waals surface area contributed by atoms with Crippen molar-refractivity contribution in [2.24, 2.45) is 0 Å². The number of benzene rings is 1. The average Bonchev–Trinajstić information content (AvgIpc) is 2.28. The highest BCUT2D eigenvalue weighted by molar-refractivity contribution is 5.49. The van der Waals surface area contributed by atoms with Crippen LogP contribution < -0.4 is 0 Å². The molecule has 15 heavy (non-hydrogen) atoms. The number of hydrogen-bond donors (Lipinski definition) is 1. The molecule has 0 radical (unpaired) electrons. The number of aldehydes is 1. The van der Waals surface area contributed by atoms with Crippen LogP contribution in [0.5, 0.6) is 0 Å². The maximum Gasteiger partial charge on any atom is 0.120 e. The lowest BCUT2D eigenvalue weighted by molar-refractivity contribution is -0.107. The molecule has 0 atom stereocenters. The summed E-state index contributed by atoms with van der Waals surface area (Å²) in [5, 5.41) is 8.69. The smallest absolute Gasteiger partial charge is 0.120 e. The Morgan fingerprint density at radius 1 is 1.00 bits per heavy atom. The van der Waals surface area contributed by atoms with Gasteiger partial charge in [0.05, 0.1) is 0 Å². The normalized spacial score (nSPS) is 10.2. The summed E-state index contributed by atoms with van der Waals surface area (Å²) in [7, 11) is 0. The van der Waals surface area contributed by atoms with Gasteiger partial charge in [0.1, 0.15) is 6.29 Å². The molecule has 0 saturated carbocycles. The number of rotatable bonds is 7. The van der Waals surface area contributed by atoms with Gasteiger partial charge in [0, 0.05) is 13.0 Å². The van der Waals surface area contributed by atoms with Crippen LogP contribution in [0.4, 0.5) is 0 Å². The quantitative estimate of drug-likeness (QED) is 0.548. The first-order valence-corrected chi connectivity index (χ1v) is 5.49. The van der Waals surface area contributed by atoms with Gasteiger partial charge in [-0.3, -0.25) is 0 Å². The fourth-order valence-corrected chi connectivity index (χ4v) is 1.55. The number of hydrogen-bond acceptors (Lipinski definition) is 2. The minimum Gasteiger partial charge on any atom is -0.396 e. The number of aliphatic hydroxyl groups excluding tert-OH is 1. The van der Waals surface area contributed by atoms with Crippen LogP contribution in [0.15, 0.2) is 24.3 Å². The summed E-state index contributed by atoms with van der Waals surface area (Å²) in [6.07, 6.45) is 5.27. The topological polar surface area (TPSA) is 37.3 Å². The lowest BCUT2D eigenvalue weighted by atomic mass is 10.0. The molecule has 1 N–H and O–H groups in total. The van der Waals surface area contributed by atoms with E-state index in [1.807, 2.05) is 0 Å². The van der Waals surface area contributed by atoms with Crippen LogP contribution in [0.1, 0.15) is 30.4 Å². The van der Waals surface area contributed by atoms with E-state index >= 15 is 0 Å². The minimum absolute atomic E-state index is 0.251. The predicted molar refractivity (Wildman–Crippen MR) is 60.9 cm³/mol. The number of carbonyl (C=O) groups excluding carboxylic acids is 1. The van der Waals surface area contributed by atoms with Crippen molar-refractivity contribution in [1.82, 2.24) is 0 Å². The molecule has 2 nitrogen and oxygen atoms in total. The molecule has 0 bridgehead atoms. The molecule has 1 aromatic rings. The predicted octanol–water partition coefficient (Wildman–Crippen LogP) is 2.13. The highest BCUT2D eigenvalue weighted by Crippen LogP contribution is 2.09. The largest absolute Gasteiger partial charge is 0.396 e. The molecule has 1 aromatic carbocycles. The Kier molecular flexibility index (Phi) is 5.71. The molecule has 0 aliphatic heterocycles. The Balaban J connectivity index is 2.38. The Morgan fingerprint density at radius 3 is 2.00 bits per heavy atom. The van der Waals surface area contributed by atoms with E-state index in [0.717, 1.165) is 32.0 Å². The van der Waals surface area contributed by atoms with Crippen LogP contribution in [-0.4, -0.2) is 18.0 Å². The molecule has 2 heteroatoms. The summed E-state index contributed by atoms with van der Waals surface area (Å²) in [5.41, 5.74) is 2.55. The van der Waals surface area contributed by atoms with Gasteiger partial charge in [0.15, 0.2) is 0 Å². The van der Waals surface area contributed by atoms with Gasteiger partial charge in [0.2, 0.25) is 0 Å². The van der Waals surface area contributed by atoms with E-state index in [-0.39, 0.29) is 6.61 Å². The molecule has 82 valence electrons. The summed E-state index contributed by atoms with van der Waals surface area (Å²) in [6, 6.07) is 8.42. The van der Waals surface area contributed by atoms with E-state index in [9.17, 15) is 4.79 Å². The van der Waals surface area contributed by atoms with Crippen molar-refractivity contribution in [2.45, 2.75) is 32.1 Å². The molecule has 0 saturated heterocycles. The summed E-state index contributed by atoms with van der Waals surface area (Å²) >= 11 is 0. The van der Waals surface area contributed by atoms with E-state index in [4.69, 9.17) is 5.11 Å².